The molecule has 1 unspecified atom stereocenters. The maximum atomic E-state index is 6.33. The molecule has 1 aromatic carbocycles. The smallest absolute Gasteiger partial charge is 0.0747 e. The Bertz CT molecular complexity index is 699. The molecule has 2 aromatic heterocycles. The van der Waals surface area contributed by atoms with Gasteiger partial charge < -0.3 is 5.73 Å². The minimum Gasteiger partial charge on any atom is -0.319 e. The van der Waals surface area contributed by atoms with Gasteiger partial charge in [0.15, 0.2) is 0 Å². The summed E-state index contributed by atoms with van der Waals surface area (Å²) in [7, 11) is 0. The monoisotopic (exact) mass is 249 g/mol. The van der Waals surface area contributed by atoms with Crippen LogP contribution in [-0.2, 0) is 0 Å². The van der Waals surface area contributed by atoms with Gasteiger partial charge in [-0.15, -0.1) is 0 Å². The lowest BCUT2D eigenvalue weighted by atomic mass is 10.0. The minimum atomic E-state index is -0.251. The molecule has 0 saturated heterocycles. The minimum absolute atomic E-state index is 0.251. The van der Waals surface area contributed by atoms with Gasteiger partial charge in [0.1, 0.15) is 0 Å². The first-order chi connectivity index (χ1) is 9.25. The average molecular weight is 249 g/mol. The summed E-state index contributed by atoms with van der Waals surface area (Å²) in [4.78, 5) is 8.75. The van der Waals surface area contributed by atoms with E-state index in [0.29, 0.717) is 0 Å². The first kappa shape index (κ1) is 11.8. The SMILES string of the molecule is Cc1ccc(C(N)c2nccc3ccccc23)cn1. The fourth-order valence-corrected chi connectivity index (χ4v) is 2.21. The van der Waals surface area contributed by atoms with E-state index in [-0.39, 0.29) is 6.04 Å². The van der Waals surface area contributed by atoms with Crippen LogP contribution in [0.25, 0.3) is 10.8 Å². The van der Waals surface area contributed by atoms with E-state index >= 15 is 0 Å². The summed E-state index contributed by atoms with van der Waals surface area (Å²) < 4.78 is 0. The van der Waals surface area contributed by atoms with Crippen molar-refractivity contribution in [1.82, 2.24) is 9.97 Å². The molecule has 3 heteroatoms. The third kappa shape index (κ3) is 2.20. The highest BCUT2D eigenvalue weighted by molar-refractivity contribution is 5.85. The highest BCUT2D eigenvalue weighted by Crippen LogP contribution is 2.24. The van der Waals surface area contributed by atoms with E-state index < -0.39 is 0 Å². The number of pyridine rings is 2. The highest BCUT2D eigenvalue weighted by atomic mass is 14.8. The van der Waals surface area contributed by atoms with E-state index in [2.05, 4.69) is 22.1 Å². The summed E-state index contributed by atoms with van der Waals surface area (Å²) in [6.45, 7) is 1.96. The summed E-state index contributed by atoms with van der Waals surface area (Å²) >= 11 is 0. The second-order valence-electron chi connectivity index (χ2n) is 4.63. The topological polar surface area (TPSA) is 51.8 Å². The summed E-state index contributed by atoms with van der Waals surface area (Å²) in [5.74, 6) is 0. The number of nitrogens with two attached hydrogens (primary N) is 1. The number of nitrogens with zero attached hydrogens (tertiary/aromatic N) is 2. The van der Waals surface area contributed by atoms with Gasteiger partial charge in [0, 0.05) is 23.5 Å². The van der Waals surface area contributed by atoms with Gasteiger partial charge in [-0.25, -0.2) is 0 Å². The van der Waals surface area contributed by atoms with Gasteiger partial charge in [0.25, 0.3) is 0 Å². The molecule has 2 heterocycles. The van der Waals surface area contributed by atoms with Gasteiger partial charge in [0.2, 0.25) is 0 Å². The van der Waals surface area contributed by atoms with Gasteiger partial charge in [-0.1, -0.05) is 30.3 Å². The molecule has 3 aromatic rings. The number of aryl methyl sites for hydroxylation is 1. The summed E-state index contributed by atoms with van der Waals surface area (Å²) in [6, 6.07) is 13.9. The molecule has 94 valence electrons. The maximum Gasteiger partial charge on any atom is 0.0747 e. The molecule has 3 nitrogen and oxygen atoms in total. The quantitative estimate of drug-likeness (QED) is 0.759. The van der Waals surface area contributed by atoms with Crippen LogP contribution in [-0.4, -0.2) is 9.97 Å². The first-order valence-corrected chi connectivity index (χ1v) is 6.27. The standard InChI is InChI=1S/C16H15N3/c1-11-6-7-13(10-19-11)15(17)16-14-5-3-2-4-12(14)8-9-18-16/h2-10,15H,17H2,1H3. The van der Waals surface area contributed by atoms with E-state index in [4.69, 9.17) is 5.73 Å². The van der Waals surface area contributed by atoms with Crippen molar-refractivity contribution in [3.63, 3.8) is 0 Å². The third-order valence-corrected chi connectivity index (χ3v) is 3.29. The lowest BCUT2D eigenvalue weighted by Crippen LogP contribution is -2.14. The average Bonchev–Trinajstić information content (AvgIpc) is 2.47. The molecule has 0 bridgehead atoms. The molecule has 0 fully saturated rings. The fraction of sp³-hybridized carbons (Fsp3) is 0.125. The largest absolute Gasteiger partial charge is 0.319 e. The van der Waals surface area contributed by atoms with E-state index in [1.807, 2.05) is 43.5 Å². The lowest BCUT2D eigenvalue weighted by molar-refractivity contribution is 0.831. The Morgan fingerprint density at radius 3 is 2.63 bits per heavy atom. The number of hydrogen-bond acceptors (Lipinski definition) is 3. The second kappa shape index (κ2) is 4.78. The summed E-state index contributed by atoms with van der Waals surface area (Å²) in [5, 5.41) is 2.25. The molecule has 0 amide bonds. The van der Waals surface area contributed by atoms with Crippen molar-refractivity contribution >= 4 is 10.8 Å². The Labute approximate surface area is 112 Å². The Morgan fingerprint density at radius 2 is 1.84 bits per heavy atom. The molecule has 1 atom stereocenters. The van der Waals surface area contributed by atoms with Crippen LogP contribution in [0.15, 0.2) is 54.9 Å². The number of benzene rings is 1. The Hall–Kier alpha value is -2.26. The van der Waals surface area contributed by atoms with Gasteiger partial charge in [-0.05, 0) is 30.0 Å². The van der Waals surface area contributed by atoms with Gasteiger partial charge in [0.05, 0.1) is 11.7 Å². The molecular weight excluding hydrogens is 234 g/mol. The van der Waals surface area contributed by atoms with Crippen LogP contribution < -0.4 is 5.73 Å². The zero-order chi connectivity index (χ0) is 13.2. The number of fused-ring (bicyclic) bond motifs is 1. The molecule has 0 aliphatic heterocycles. The Morgan fingerprint density at radius 1 is 1.00 bits per heavy atom. The first-order valence-electron chi connectivity index (χ1n) is 6.27. The van der Waals surface area contributed by atoms with Crippen LogP contribution in [0.4, 0.5) is 0 Å². The van der Waals surface area contributed by atoms with Gasteiger partial charge in [-0.2, -0.15) is 0 Å². The molecule has 2 N–H and O–H groups in total. The van der Waals surface area contributed by atoms with Crippen LogP contribution in [0.1, 0.15) is 23.0 Å². The van der Waals surface area contributed by atoms with Gasteiger partial charge >= 0.3 is 0 Å². The van der Waals surface area contributed by atoms with Crippen molar-refractivity contribution < 1.29 is 0 Å². The van der Waals surface area contributed by atoms with Crippen molar-refractivity contribution in [1.29, 1.82) is 0 Å². The predicted octanol–water partition coefficient (Wildman–Crippen LogP) is 2.99. The van der Waals surface area contributed by atoms with Crippen LogP contribution in [0.2, 0.25) is 0 Å². The van der Waals surface area contributed by atoms with Crippen molar-refractivity contribution in [2.24, 2.45) is 5.73 Å². The molecule has 0 radical (unpaired) electrons. The number of hydrogen-bond donors (Lipinski definition) is 1. The van der Waals surface area contributed by atoms with Crippen molar-refractivity contribution in [3.8, 4) is 0 Å². The fourth-order valence-electron chi connectivity index (χ4n) is 2.21. The second-order valence-corrected chi connectivity index (χ2v) is 4.63. The van der Waals surface area contributed by atoms with Crippen LogP contribution in [0.3, 0.4) is 0 Å². The van der Waals surface area contributed by atoms with Crippen molar-refractivity contribution in [2.45, 2.75) is 13.0 Å². The molecule has 0 spiro atoms. The van der Waals surface area contributed by atoms with Crippen LogP contribution in [0, 0.1) is 6.92 Å². The normalized spacial score (nSPS) is 12.5. The van der Waals surface area contributed by atoms with Crippen LogP contribution in [0.5, 0.6) is 0 Å². The third-order valence-electron chi connectivity index (χ3n) is 3.29. The zero-order valence-electron chi connectivity index (χ0n) is 10.7. The molecule has 0 aliphatic rings. The highest BCUT2D eigenvalue weighted by Gasteiger charge is 2.13. The number of aromatic nitrogens is 2. The number of rotatable bonds is 2. The molecule has 0 aliphatic carbocycles. The van der Waals surface area contributed by atoms with E-state index in [9.17, 15) is 0 Å². The van der Waals surface area contributed by atoms with Crippen molar-refractivity contribution in [2.75, 3.05) is 0 Å². The zero-order valence-corrected chi connectivity index (χ0v) is 10.7. The molecule has 0 saturated carbocycles. The summed E-state index contributed by atoms with van der Waals surface area (Å²) in [6.07, 6.45) is 3.63. The summed E-state index contributed by atoms with van der Waals surface area (Å²) in [5.41, 5.74) is 9.19. The van der Waals surface area contributed by atoms with Crippen molar-refractivity contribution in [3.05, 3.63) is 71.8 Å². The van der Waals surface area contributed by atoms with E-state index in [1.54, 1.807) is 6.20 Å². The van der Waals surface area contributed by atoms with Crippen LogP contribution >= 0.6 is 0 Å². The van der Waals surface area contributed by atoms with Gasteiger partial charge in [-0.3, -0.25) is 9.97 Å². The molecular formula is C16H15N3. The molecule has 19 heavy (non-hydrogen) atoms. The predicted molar refractivity (Wildman–Crippen MR) is 76.7 cm³/mol. The Kier molecular flexibility index (Phi) is 2.97. The molecule has 3 rings (SSSR count). The van der Waals surface area contributed by atoms with E-state index in [0.717, 1.165) is 27.7 Å². The Balaban J connectivity index is 2.11. The lowest BCUT2D eigenvalue weighted by Gasteiger charge is -2.13. The maximum absolute atomic E-state index is 6.33. The van der Waals surface area contributed by atoms with E-state index in [1.165, 1.54) is 0 Å².